The van der Waals surface area contributed by atoms with Gasteiger partial charge in [-0.05, 0) is 69.4 Å². The summed E-state index contributed by atoms with van der Waals surface area (Å²) in [6, 6.07) is 8.00. The lowest BCUT2D eigenvalue weighted by Gasteiger charge is -2.06. The lowest BCUT2D eigenvalue weighted by molar-refractivity contribution is -0.385. The molecule has 0 saturated carbocycles. The van der Waals surface area contributed by atoms with Gasteiger partial charge in [-0.25, -0.2) is 5.43 Å². The highest BCUT2D eigenvalue weighted by Gasteiger charge is 2.19. The summed E-state index contributed by atoms with van der Waals surface area (Å²) in [4.78, 5) is 22.7. The largest absolute Gasteiger partial charge is 0.496 e. The van der Waals surface area contributed by atoms with E-state index in [9.17, 15) is 14.9 Å². The molecule has 0 aliphatic heterocycles. The van der Waals surface area contributed by atoms with Gasteiger partial charge < -0.3 is 9.47 Å². The van der Waals surface area contributed by atoms with Crippen molar-refractivity contribution in [2.45, 2.75) is 0 Å². The SMILES string of the molecule is COc1cc(C(=O)N/N=C\c2cc(I)c(OC)c([N+](=O)[O-])c2)ccc1I. The van der Waals surface area contributed by atoms with Gasteiger partial charge in [0.2, 0.25) is 5.75 Å². The summed E-state index contributed by atoms with van der Waals surface area (Å²) >= 11 is 4.04. The van der Waals surface area contributed by atoms with Gasteiger partial charge in [0.25, 0.3) is 5.91 Å². The number of nitrogens with one attached hydrogen (secondary N) is 1. The topological polar surface area (TPSA) is 103 Å². The zero-order valence-electron chi connectivity index (χ0n) is 13.7. The monoisotopic (exact) mass is 581 g/mol. The Balaban J connectivity index is 2.18. The third kappa shape index (κ3) is 4.81. The molecule has 1 N–H and O–H groups in total. The predicted octanol–water partition coefficient (Wildman–Crippen LogP) is 3.59. The number of hydrogen-bond acceptors (Lipinski definition) is 6. The van der Waals surface area contributed by atoms with Crippen LogP contribution in [0.3, 0.4) is 0 Å². The average molecular weight is 581 g/mol. The number of ether oxygens (including phenoxy) is 2. The molecule has 10 heteroatoms. The van der Waals surface area contributed by atoms with Crippen LogP contribution in [0.25, 0.3) is 0 Å². The number of hydrazone groups is 1. The van der Waals surface area contributed by atoms with Crippen LogP contribution in [0.4, 0.5) is 5.69 Å². The molecule has 2 aromatic rings. The molecule has 0 saturated heterocycles. The highest BCUT2D eigenvalue weighted by molar-refractivity contribution is 14.1. The average Bonchev–Trinajstić information content (AvgIpc) is 2.61. The molecule has 0 bridgehead atoms. The molecule has 136 valence electrons. The van der Waals surface area contributed by atoms with Crippen LogP contribution in [0.5, 0.6) is 11.5 Å². The number of methoxy groups -OCH3 is 2. The third-order valence-corrected chi connectivity index (χ3v) is 4.93. The second-order valence-corrected chi connectivity index (χ2v) is 7.19. The van der Waals surface area contributed by atoms with Crippen LogP contribution in [0.2, 0.25) is 0 Å². The maximum atomic E-state index is 12.1. The van der Waals surface area contributed by atoms with Crippen LogP contribution in [-0.2, 0) is 0 Å². The van der Waals surface area contributed by atoms with E-state index in [0.717, 1.165) is 3.57 Å². The number of halogens is 2. The first-order chi connectivity index (χ1) is 12.4. The van der Waals surface area contributed by atoms with Gasteiger partial charge in [0.1, 0.15) is 5.75 Å². The predicted molar refractivity (Wildman–Crippen MR) is 113 cm³/mol. The number of nitrogens with zero attached hydrogens (tertiary/aromatic N) is 2. The van der Waals surface area contributed by atoms with E-state index < -0.39 is 10.8 Å². The third-order valence-electron chi connectivity index (χ3n) is 3.24. The number of carbonyl (C=O) groups excluding carboxylic acids is 1. The van der Waals surface area contributed by atoms with Crippen molar-refractivity contribution >= 4 is 63.0 Å². The molecule has 0 unspecified atom stereocenters. The summed E-state index contributed by atoms with van der Waals surface area (Å²) in [6.07, 6.45) is 1.33. The van der Waals surface area contributed by atoms with E-state index in [4.69, 9.17) is 9.47 Å². The zero-order chi connectivity index (χ0) is 19.3. The number of nitro benzene ring substituents is 1. The molecule has 2 rings (SSSR count). The van der Waals surface area contributed by atoms with Gasteiger partial charge in [0.15, 0.2) is 0 Å². The molecule has 0 heterocycles. The molecule has 8 nitrogen and oxygen atoms in total. The first-order valence-electron chi connectivity index (χ1n) is 7.06. The Morgan fingerprint density at radius 3 is 2.54 bits per heavy atom. The second kappa shape index (κ2) is 9.12. The van der Waals surface area contributed by atoms with Gasteiger partial charge in [-0.2, -0.15) is 5.10 Å². The zero-order valence-corrected chi connectivity index (χ0v) is 18.0. The van der Waals surface area contributed by atoms with Crippen molar-refractivity contribution in [2.24, 2.45) is 5.10 Å². The molecule has 0 atom stereocenters. The van der Waals surface area contributed by atoms with E-state index in [1.807, 2.05) is 22.6 Å². The molecule has 0 fully saturated rings. The minimum Gasteiger partial charge on any atom is -0.496 e. The summed E-state index contributed by atoms with van der Waals surface area (Å²) in [6.45, 7) is 0. The molecule has 0 aliphatic carbocycles. The summed E-state index contributed by atoms with van der Waals surface area (Å²) < 4.78 is 11.7. The second-order valence-electron chi connectivity index (χ2n) is 4.86. The van der Waals surface area contributed by atoms with Crippen LogP contribution in [0.1, 0.15) is 15.9 Å². The minimum atomic E-state index is -0.533. The number of carbonyl (C=O) groups is 1. The van der Waals surface area contributed by atoms with E-state index in [1.54, 1.807) is 24.3 Å². The Morgan fingerprint density at radius 2 is 1.92 bits per heavy atom. The van der Waals surface area contributed by atoms with Gasteiger partial charge >= 0.3 is 5.69 Å². The highest BCUT2D eigenvalue weighted by Crippen LogP contribution is 2.32. The molecule has 0 aromatic heterocycles. The summed E-state index contributed by atoms with van der Waals surface area (Å²) in [5.41, 5.74) is 3.06. The number of benzene rings is 2. The Labute approximate surface area is 176 Å². The molecule has 26 heavy (non-hydrogen) atoms. The molecule has 0 aliphatic rings. The van der Waals surface area contributed by atoms with Crippen molar-refractivity contribution in [1.29, 1.82) is 0 Å². The fourth-order valence-electron chi connectivity index (χ4n) is 2.04. The lowest BCUT2D eigenvalue weighted by Crippen LogP contribution is -2.17. The molecular formula is C16H13I2N3O5. The number of amides is 1. The molecule has 2 aromatic carbocycles. The van der Waals surface area contributed by atoms with Crippen LogP contribution in [0.15, 0.2) is 35.4 Å². The standard InChI is InChI=1S/C16H13I2N3O5/c1-25-14-7-10(3-4-11(14)17)16(22)20-19-8-9-5-12(18)15(26-2)13(6-9)21(23)24/h3-8H,1-2H3,(H,20,22)/b19-8-. The molecule has 0 radical (unpaired) electrons. The van der Waals surface area contributed by atoms with Crippen molar-refractivity contribution < 1.29 is 19.2 Å². The first-order valence-corrected chi connectivity index (χ1v) is 9.22. The van der Waals surface area contributed by atoms with Crippen molar-refractivity contribution in [3.8, 4) is 11.5 Å². The molecule has 0 spiro atoms. The van der Waals surface area contributed by atoms with Gasteiger partial charge in [0.05, 0.1) is 32.5 Å². The Morgan fingerprint density at radius 1 is 1.19 bits per heavy atom. The van der Waals surface area contributed by atoms with Crippen molar-refractivity contribution in [1.82, 2.24) is 5.43 Å². The van der Waals surface area contributed by atoms with E-state index in [0.29, 0.717) is 20.4 Å². The number of rotatable bonds is 6. The normalized spacial score (nSPS) is 10.6. The number of nitro groups is 1. The van der Waals surface area contributed by atoms with Crippen molar-refractivity contribution in [3.63, 3.8) is 0 Å². The van der Waals surface area contributed by atoms with Gasteiger partial charge in [-0.15, -0.1) is 0 Å². The maximum absolute atomic E-state index is 12.1. The van der Waals surface area contributed by atoms with Crippen molar-refractivity contribution in [3.05, 3.63) is 58.7 Å². The van der Waals surface area contributed by atoms with Crippen LogP contribution in [0, 0.1) is 17.3 Å². The fourth-order valence-corrected chi connectivity index (χ4v) is 3.45. The highest BCUT2D eigenvalue weighted by atomic mass is 127. The van der Waals surface area contributed by atoms with E-state index in [2.05, 4.69) is 33.1 Å². The van der Waals surface area contributed by atoms with Crippen LogP contribution in [-0.4, -0.2) is 31.3 Å². The van der Waals surface area contributed by atoms with Gasteiger partial charge in [-0.3, -0.25) is 14.9 Å². The first kappa shape index (κ1) is 20.4. The Hall–Kier alpha value is -1.96. The van der Waals surface area contributed by atoms with Crippen LogP contribution >= 0.6 is 45.2 Å². The smallest absolute Gasteiger partial charge is 0.312 e. The fraction of sp³-hybridized carbons (Fsp3) is 0.125. The van der Waals surface area contributed by atoms with Crippen LogP contribution < -0.4 is 14.9 Å². The van der Waals surface area contributed by atoms with Crippen molar-refractivity contribution in [2.75, 3.05) is 14.2 Å². The van der Waals surface area contributed by atoms with E-state index in [-0.39, 0.29) is 11.4 Å². The quantitative estimate of drug-likeness (QED) is 0.243. The summed E-state index contributed by atoms with van der Waals surface area (Å²) in [5, 5.41) is 15.0. The maximum Gasteiger partial charge on any atom is 0.312 e. The van der Waals surface area contributed by atoms with E-state index in [1.165, 1.54) is 26.5 Å². The lowest BCUT2D eigenvalue weighted by atomic mass is 10.2. The Kier molecular flexibility index (Phi) is 7.14. The summed E-state index contributed by atoms with van der Waals surface area (Å²) in [5.74, 6) is 0.346. The van der Waals surface area contributed by atoms with Gasteiger partial charge in [0, 0.05) is 17.2 Å². The molecule has 1 amide bonds. The summed E-state index contributed by atoms with van der Waals surface area (Å²) in [7, 11) is 2.89. The Bertz CT molecular complexity index is 886. The molecular weight excluding hydrogens is 568 g/mol. The minimum absolute atomic E-state index is 0.172. The number of hydrogen-bond donors (Lipinski definition) is 1. The van der Waals surface area contributed by atoms with E-state index >= 15 is 0 Å². The van der Waals surface area contributed by atoms with Gasteiger partial charge in [-0.1, -0.05) is 0 Å².